The summed E-state index contributed by atoms with van der Waals surface area (Å²) in [7, 11) is 6.79. The van der Waals surface area contributed by atoms with Gasteiger partial charge in [-0.2, -0.15) is 0 Å². The number of hydrogen-bond acceptors (Lipinski definition) is 6. The molecule has 2 aromatic carbocycles. The maximum absolute atomic E-state index is 5.78. The third-order valence-corrected chi connectivity index (χ3v) is 5.89. The SMILES string of the molecule is COc1cc(OC)c(Cc2c(OC)cc(OC)c3c2CCOC3)c2c1COCC2. The lowest BCUT2D eigenvalue weighted by atomic mass is 9.87. The van der Waals surface area contributed by atoms with Crippen molar-refractivity contribution < 1.29 is 28.4 Å². The van der Waals surface area contributed by atoms with Crippen LogP contribution in [-0.4, -0.2) is 41.7 Å². The van der Waals surface area contributed by atoms with Crippen LogP contribution < -0.4 is 18.9 Å². The molecule has 2 heterocycles. The molecular formula is C23H28O6. The fraction of sp³-hybridized carbons (Fsp3) is 0.478. The predicted octanol–water partition coefficient (Wildman–Crippen LogP) is 3.46. The number of methoxy groups -OCH3 is 4. The van der Waals surface area contributed by atoms with E-state index in [0.717, 1.165) is 47.0 Å². The molecule has 0 unspecified atom stereocenters. The van der Waals surface area contributed by atoms with E-state index < -0.39 is 0 Å². The van der Waals surface area contributed by atoms with Crippen LogP contribution >= 0.6 is 0 Å². The Morgan fingerprint density at radius 2 is 1.03 bits per heavy atom. The van der Waals surface area contributed by atoms with Crippen LogP contribution in [0.4, 0.5) is 0 Å². The summed E-state index contributed by atoms with van der Waals surface area (Å²) in [6, 6.07) is 3.93. The highest BCUT2D eigenvalue weighted by atomic mass is 16.5. The average Bonchev–Trinajstić information content (AvgIpc) is 2.79. The van der Waals surface area contributed by atoms with Gasteiger partial charge in [-0.25, -0.2) is 0 Å². The van der Waals surface area contributed by atoms with Crippen LogP contribution in [0, 0.1) is 0 Å². The monoisotopic (exact) mass is 400 g/mol. The van der Waals surface area contributed by atoms with E-state index in [-0.39, 0.29) is 0 Å². The molecule has 0 N–H and O–H groups in total. The van der Waals surface area contributed by atoms with Crippen LogP contribution in [0.2, 0.25) is 0 Å². The fourth-order valence-corrected chi connectivity index (χ4v) is 4.46. The quantitative estimate of drug-likeness (QED) is 0.740. The topological polar surface area (TPSA) is 55.4 Å². The van der Waals surface area contributed by atoms with Crippen molar-refractivity contribution in [3.8, 4) is 23.0 Å². The Hall–Kier alpha value is -2.44. The molecule has 0 atom stereocenters. The zero-order chi connectivity index (χ0) is 20.4. The van der Waals surface area contributed by atoms with Gasteiger partial charge >= 0.3 is 0 Å². The van der Waals surface area contributed by atoms with Crippen molar-refractivity contribution in [2.24, 2.45) is 0 Å². The van der Waals surface area contributed by atoms with Gasteiger partial charge in [-0.1, -0.05) is 0 Å². The zero-order valence-corrected chi connectivity index (χ0v) is 17.6. The first kappa shape index (κ1) is 19.9. The van der Waals surface area contributed by atoms with Crippen molar-refractivity contribution in [2.75, 3.05) is 41.7 Å². The van der Waals surface area contributed by atoms with Gasteiger partial charge in [-0.05, 0) is 24.0 Å². The Morgan fingerprint density at radius 3 is 1.41 bits per heavy atom. The Balaban J connectivity index is 1.88. The van der Waals surface area contributed by atoms with Gasteiger partial charge in [-0.15, -0.1) is 0 Å². The number of benzene rings is 2. The van der Waals surface area contributed by atoms with Gasteiger partial charge in [0.25, 0.3) is 0 Å². The van der Waals surface area contributed by atoms with Gasteiger partial charge in [0.05, 0.1) is 54.9 Å². The normalized spacial score (nSPS) is 15.3. The molecule has 0 amide bonds. The van der Waals surface area contributed by atoms with E-state index in [1.165, 1.54) is 22.3 Å². The average molecular weight is 400 g/mol. The smallest absolute Gasteiger partial charge is 0.128 e. The van der Waals surface area contributed by atoms with E-state index in [1.54, 1.807) is 28.4 Å². The Bertz CT molecular complexity index is 832. The first-order valence-corrected chi connectivity index (χ1v) is 9.88. The first-order valence-electron chi connectivity index (χ1n) is 9.88. The molecule has 6 heteroatoms. The summed E-state index contributed by atoms with van der Waals surface area (Å²) < 4.78 is 34.2. The van der Waals surface area contributed by atoms with Crippen molar-refractivity contribution in [1.82, 2.24) is 0 Å². The van der Waals surface area contributed by atoms with E-state index >= 15 is 0 Å². The summed E-state index contributed by atoms with van der Waals surface area (Å²) in [5.41, 5.74) is 7.07. The summed E-state index contributed by atoms with van der Waals surface area (Å²) in [6.45, 7) is 2.51. The molecule has 0 bridgehead atoms. The second-order valence-corrected chi connectivity index (χ2v) is 7.22. The largest absolute Gasteiger partial charge is 0.496 e. The molecule has 6 nitrogen and oxygen atoms in total. The minimum Gasteiger partial charge on any atom is -0.496 e. The van der Waals surface area contributed by atoms with E-state index in [1.807, 2.05) is 12.1 Å². The van der Waals surface area contributed by atoms with Crippen molar-refractivity contribution in [1.29, 1.82) is 0 Å². The summed E-state index contributed by atoms with van der Waals surface area (Å²) >= 11 is 0. The van der Waals surface area contributed by atoms with Crippen molar-refractivity contribution >= 4 is 0 Å². The minimum absolute atomic E-state index is 0.557. The van der Waals surface area contributed by atoms with E-state index in [4.69, 9.17) is 28.4 Å². The van der Waals surface area contributed by atoms with Crippen LogP contribution in [0.3, 0.4) is 0 Å². The Labute approximate surface area is 171 Å². The summed E-state index contributed by atoms with van der Waals surface area (Å²) in [6.07, 6.45) is 2.38. The van der Waals surface area contributed by atoms with Gasteiger partial charge in [0.15, 0.2) is 0 Å². The second kappa shape index (κ2) is 8.51. The first-order chi connectivity index (χ1) is 14.2. The van der Waals surface area contributed by atoms with Crippen LogP contribution in [-0.2, 0) is 41.9 Å². The summed E-state index contributed by atoms with van der Waals surface area (Å²) in [5.74, 6) is 3.30. The molecule has 0 aromatic heterocycles. The van der Waals surface area contributed by atoms with Crippen LogP contribution in [0.25, 0.3) is 0 Å². The maximum Gasteiger partial charge on any atom is 0.128 e. The molecule has 29 heavy (non-hydrogen) atoms. The molecule has 0 fully saturated rings. The van der Waals surface area contributed by atoms with Crippen molar-refractivity contribution in [3.63, 3.8) is 0 Å². The second-order valence-electron chi connectivity index (χ2n) is 7.22. The van der Waals surface area contributed by atoms with E-state index in [0.29, 0.717) is 32.8 Å². The van der Waals surface area contributed by atoms with Gasteiger partial charge in [0.1, 0.15) is 23.0 Å². The minimum atomic E-state index is 0.557. The highest BCUT2D eigenvalue weighted by molar-refractivity contribution is 5.59. The Morgan fingerprint density at radius 1 is 0.621 bits per heavy atom. The van der Waals surface area contributed by atoms with Gasteiger partial charge in [0.2, 0.25) is 0 Å². The lowest BCUT2D eigenvalue weighted by Gasteiger charge is -2.27. The highest BCUT2D eigenvalue weighted by Gasteiger charge is 2.27. The van der Waals surface area contributed by atoms with Gasteiger partial charge < -0.3 is 28.4 Å². The molecule has 0 radical (unpaired) electrons. The number of hydrogen-bond donors (Lipinski definition) is 0. The number of rotatable bonds is 6. The third-order valence-electron chi connectivity index (χ3n) is 5.89. The van der Waals surface area contributed by atoms with Crippen molar-refractivity contribution in [2.45, 2.75) is 32.5 Å². The lowest BCUT2D eigenvalue weighted by Crippen LogP contribution is -2.18. The van der Waals surface area contributed by atoms with Crippen LogP contribution in [0.5, 0.6) is 23.0 Å². The molecular weight excluding hydrogens is 372 g/mol. The number of fused-ring (bicyclic) bond motifs is 2. The standard InChI is InChI=1S/C23H28O6/c1-24-20-10-22(26-3)18-12-28-7-5-14(18)16(20)9-17-15-6-8-29-13-19(15)23(27-4)11-21(17)25-2/h10-11H,5-9,12-13H2,1-4H3. The summed E-state index contributed by atoms with van der Waals surface area (Å²) in [4.78, 5) is 0. The molecule has 4 rings (SSSR count). The van der Waals surface area contributed by atoms with Gasteiger partial charge in [0, 0.05) is 40.8 Å². The van der Waals surface area contributed by atoms with Crippen molar-refractivity contribution in [3.05, 3.63) is 45.5 Å². The lowest BCUT2D eigenvalue weighted by molar-refractivity contribution is 0.107. The Kier molecular flexibility index (Phi) is 5.83. The number of ether oxygens (including phenoxy) is 6. The predicted molar refractivity (Wildman–Crippen MR) is 109 cm³/mol. The van der Waals surface area contributed by atoms with E-state index in [2.05, 4.69) is 0 Å². The highest BCUT2D eigenvalue weighted by Crippen LogP contribution is 2.42. The maximum atomic E-state index is 5.78. The molecule has 0 saturated heterocycles. The third kappa shape index (κ3) is 3.51. The fourth-order valence-electron chi connectivity index (χ4n) is 4.46. The molecule has 0 spiro atoms. The van der Waals surface area contributed by atoms with Gasteiger partial charge in [-0.3, -0.25) is 0 Å². The molecule has 0 aliphatic carbocycles. The summed E-state index contributed by atoms with van der Waals surface area (Å²) in [5, 5.41) is 0. The van der Waals surface area contributed by atoms with Crippen LogP contribution in [0.15, 0.2) is 12.1 Å². The molecule has 2 aromatic rings. The molecule has 156 valence electrons. The zero-order valence-electron chi connectivity index (χ0n) is 17.6. The molecule has 0 saturated carbocycles. The van der Waals surface area contributed by atoms with E-state index in [9.17, 15) is 0 Å². The molecule has 2 aliphatic rings. The van der Waals surface area contributed by atoms with Crippen LogP contribution in [0.1, 0.15) is 33.4 Å². The molecule has 2 aliphatic heterocycles.